The van der Waals surface area contributed by atoms with Gasteiger partial charge in [-0.05, 0) is 86.1 Å². The molecule has 0 fully saturated rings. The molecule has 2 atom stereocenters. The van der Waals surface area contributed by atoms with E-state index in [2.05, 4.69) is 26.0 Å². The Morgan fingerprint density at radius 2 is 0.689 bits per heavy atom. The fourth-order valence-electron chi connectivity index (χ4n) is 10.2. The molecule has 2 aromatic carbocycles. The molecule has 0 saturated heterocycles. The summed E-state index contributed by atoms with van der Waals surface area (Å²) in [6.07, 6.45) is 24.5. The van der Waals surface area contributed by atoms with Crippen LogP contribution in [0.5, 0.6) is 0 Å². The number of rotatable bonds is 31. The number of unbranched alkanes of at least 4 members (excludes halogenated alkanes) is 18. The van der Waals surface area contributed by atoms with Gasteiger partial charge in [0.25, 0.3) is 0 Å². The molecule has 0 aliphatic rings. The maximum atomic E-state index is 15.8. The fraction of sp³-hybridized carbons (Fsp3) is 0.533. The van der Waals surface area contributed by atoms with Crippen molar-refractivity contribution in [3.05, 3.63) is 127 Å². The zero-order valence-electron chi connectivity index (χ0n) is 43.8. The lowest BCUT2D eigenvalue weighted by atomic mass is 9.76. The number of aryl methyl sites for hydroxylation is 2. The van der Waals surface area contributed by atoms with Crippen molar-refractivity contribution >= 4 is 45.3 Å². The highest BCUT2D eigenvalue weighted by atomic mass is 32.1. The van der Waals surface area contributed by atoms with Gasteiger partial charge in [-0.15, -0.1) is 45.3 Å². The molecule has 6 rings (SSSR count). The number of hydrogen-bond acceptors (Lipinski definition) is 4. The van der Waals surface area contributed by atoms with Gasteiger partial charge in [-0.2, -0.15) is 0 Å². The summed E-state index contributed by atoms with van der Waals surface area (Å²) in [6, 6.07) is 11.7. The van der Waals surface area contributed by atoms with Gasteiger partial charge in [-0.3, -0.25) is 0 Å². The summed E-state index contributed by atoms with van der Waals surface area (Å²) in [5.74, 6) is -19.6. The largest absolute Gasteiger partial charge is 0.203 e. The molecule has 0 bridgehead atoms. The second-order valence-electron chi connectivity index (χ2n) is 20.4. The second kappa shape index (κ2) is 27.7. The van der Waals surface area contributed by atoms with E-state index < -0.39 is 80.1 Å². The van der Waals surface area contributed by atoms with Crippen molar-refractivity contribution < 1.29 is 43.9 Å². The number of halogens is 10. The Hall–Kier alpha value is -3.46. The first-order valence-electron chi connectivity index (χ1n) is 27.0. The Morgan fingerprint density at radius 1 is 0.338 bits per heavy atom. The topological polar surface area (TPSA) is 0 Å². The summed E-state index contributed by atoms with van der Waals surface area (Å²) in [7, 11) is 0. The van der Waals surface area contributed by atoms with Gasteiger partial charge in [-0.1, -0.05) is 157 Å². The molecule has 4 aromatic heterocycles. The molecular formula is C60H72F10S4. The quantitative estimate of drug-likeness (QED) is 0.0176. The van der Waals surface area contributed by atoms with Crippen LogP contribution in [0.15, 0.2) is 36.4 Å². The van der Waals surface area contributed by atoms with E-state index in [-0.39, 0.29) is 12.8 Å². The third-order valence-corrected chi connectivity index (χ3v) is 20.7. The van der Waals surface area contributed by atoms with Crippen LogP contribution in [0.1, 0.15) is 215 Å². The Balaban J connectivity index is 1.35. The van der Waals surface area contributed by atoms with E-state index in [0.29, 0.717) is 16.2 Å². The normalized spacial score (nSPS) is 13.6. The maximum absolute atomic E-state index is 15.8. The Morgan fingerprint density at radius 3 is 1.15 bits per heavy atom. The molecule has 2 unspecified atom stereocenters. The van der Waals surface area contributed by atoms with Gasteiger partial charge < -0.3 is 0 Å². The average Bonchev–Trinajstić information content (AvgIpc) is 4.25. The van der Waals surface area contributed by atoms with Crippen molar-refractivity contribution in [2.75, 3.05) is 0 Å². The van der Waals surface area contributed by atoms with Gasteiger partial charge in [0.1, 0.15) is 0 Å². The van der Waals surface area contributed by atoms with Crippen molar-refractivity contribution in [1.29, 1.82) is 0 Å². The maximum Gasteiger partial charge on any atom is 0.200 e. The molecule has 0 saturated carbocycles. The molecule has 0 N–H and O–H groups in total. The summed E-state index contributed by atoms with van der Waals surface area (Å²) in [5.41, 5.74) is -2.79. The van der Waals surface area contributed by atoms with Crippen LogP contribution in [0.4, 0.5) is 43.9 Å². The minimum absolute atomic E-state index is 0.0612. The van der Waals surface area contributed by atoms with E-state index in [9.17, 15) is 26.3 Å². The van der Waals surface area contributed by atoms with E-state index in [1.54, 1.807) is 44.2 Å². The smallest absolute Gasteiger partial charge is 0.200 e. The molecule has 14 heteroatoms. The third-order valence-electron chi connectivity index (χ3n) is 15.1. The monoisotopic (exact) mass is 1110 g/mol. The van der Waals surface area contributed by atoms with Gasteiger partial charge in [0.15, 0.2) is 46.5 Å². The van der Waals surface area contributed by atoms with Crippen LogP contribution in [0.25, 0.3) is 29.3 Å². The van der Waals surface area contributed by atoms with E-state index in [1.165, 1.54) is 118 Å². The van der Waals surface area contributed by atoms with Crippen molar-refractivity contribution in [3.8, 4) is 29.3 Å². The molecule has 0 amide bonds. The number of benzene rings is 2. The first kappa shape index (κ1) is 59.8. The SMILES string of the molecule is CCCCCCCCCCCCc1cc(-c2cc(CCCCCCCCCCCC)c(C(C)(CC)c3c(F)c(F)c(F)c(F)c3F)s2)sc1-c1ccc(-c2ccc(C(C)(CC)c3c(F)c(F)c(F)c(F)c3F)s2)s1. The number of hydrogen-bond donors (Lipinski definition) is 0. The first-order chi connectivity index (χ1) is 35.5. The molecule has 0 aliphatic carbocycles. The second-order valence-corrected chi connectivity index (χ2v) is 24.7. The van der Waals surface area contributed by atoms with Crippen LogP contribution < -0.4 is 0 Å². The summed E-state index contributed by atoms with van der Waals surface area (Å²) >= 11 is 5.70. The Labute approximate surface area is 449 Å². The van der Waals surface area contributed by atoms with E-state index in [4.69, 9.17) is 0 Å². The molecule has 0 aliphatic heterocycles. The minimum Gasteiger partial charge on any atom is -0.203 e. The van der Waals surface area contributed by atoms with Crippen LogP contribution in [-0.4, -0.2) is 0 Å². The summed E-state index contributed by atoms with van der Waals surface area (Å²) in [6.45, 7) is 10.8. The highest BCUT2D eigenvalue weighted by Crippen LogP contribution is 2.52. The molecule has 0 spiro atoms. The average molecular weight is 1110 g/mol. The third kappa shape index (κ3) is 13.4. The van der Waals surface area contributed by atoms with E-state index >= 15 is 17.6 Å². The molecular weight excluding hydrogens is 1040 g/mol. The van der Waals surface area contributed by atoms with Gasteiger partial charge in [0.2, 0.25) is 11.6 Å². The molecule has 4 heterocycles. The highest BCUT2D eigenvalue weighted by Gasteiger charge is 2.42. The molecule has 6 aromatic rings. The number of thiophene rings is 4. The summed E-state index contributed by atoms with van der Waals surface area (Å²) in [5, 5.41) is 0. The minimum atomic E-state index is -2.20. The standard InChI is InChI=1S/C60H72F10S4/c1-7-11-13-15-17-19-21-23-25-27-29-37-35-42(73-57(37)41-32-31-39(71-41)40-33-34-44(72-40)59(5,9-3)45-47(61)51(65)55(69)52(66)48(45)62)43-36-38(30-28-26-24-22-20-18-16-14-12-8-2)58(74-43)60(6,10-4)46-49(63)53(67)56(70)54(68)50(46)64/h31-36H,7-30H2,1-6H3. The summed E-state index contributed by atoms with van der Waals surface area (Å²) in [4.78, 5) is 6.41. The lowest BCUT2D eigenvalue weighted by molar-refractivity contribution is 0.351. The predicted molar refractivity (Wildman–Crippen MR) is 291 cm³/mol. The van der Waals surface area contributed by atoms with Crippen molar-refractivity contribution in [2.45, 2.75) is 206 Å². The van der Waals surface area contributed by atoms with E-state index in [0.717, 1.165) is 98.2 Å². The molecule has 74 heavy (non-hydrogen) atoms. The van der Waals surface area contributed by atoms with E-state index in [1.807, 2.05) is 12.1 Å². The summed E-state index contributed by atoms with van der Waals surface area (Å²) < 4.78 is 150. The van der Waals surface area contributed by atoms with Crippen LogP contribution in [0, 0.1) is 58.2 Å². The van der Waals surface area contributed by atoms with Crippen molar-refractivity contribution in [1.82, 2.24) is 0 Å². The Bertz CT molecular complexity index is 2700. The lowest BCUT2D eigenvalue weighted by Gasteiger charge is -2.30. The van der Waals surface area contributed by atoms with Crippen molar-refractivity contribution in [3.63, 3.8) is 0 Å². The molecule has 0 nitrogen and oxygen atoms in total. The van der Waals surface area contributed by atoms with Crippen LogP contribution >= 0.6 is 45.3 Å². The first-order valence-corrected chi connectivity index (χ1v) is 30.3. The molecule has 406 valence electrons. The lowest BCUT2D eigenvalue weighted by Crippen LogP contribution is -2.28. The molecule has 0 radical (unpaired) electrons. The van der Waals surface area contributed by atoms with Crippen LogP contribution in [0.3, 0.4) is 0 Å². The zero-order valence-corrected chi connectivity index (χ0v) is 47.1. The van der Waals surface area contributed by atoms with Crippen LogP contribution in [0.2, 0.25) is 0 Å². The fourth-order valence-corrected chi connectivity index (χ4v) is 15.4. The van der Waals surface area contributed by atoms with Gasteiger partial charge in [0.05, 0.1) is 0 Å². The zero-order chi connectivity index (χ0) is 53.7. The van der Waals surface area contributed by atoms with Crippen molar-refractivity contribution in [2.24, 2.45) is 0 Å². The van der Waals surface area contributed by atoms with Crippen LogP contribution in [-0.2, 0) is 23.7 Å². The Kier molecular flexibility index (Phi) is 22.4. The van der Waals surface area contributed by atoms with Gasteiger partial charge in [0, 0.05) is 61.0 Å². The highest BCUT2D eigenvalue weighted by molar-refractivity contribution is 7.28. The van der Waals surface area contributed by atoms with Gasteiger partial charge >= 0.3 is 0 Å². The predicted octanol–water partition coefficient (Wildman–Crippen LogP) is 22.7. The van der Waals surface area contributed by atoms with Gasteiger partial charge in [-0.25, -0.2) is 43.9 Å².